The smallest absolute Gasteiger partial charge is 0.279 e. The molecule has 1 aliphatic heterocycles. The molecule has 0 aromatic rings. The van der Waals surface area contributed by atoms with Crippen LogP contribution in [0.2, 0.25) is 0 Å². The summed E-state index contributed by atoms with van der Waals surface area (Å²) in [5.74, 6) is 0. The third kappa shape index (κ3) is 2.91. The molecule has 0 aliphatic carbocycles. The molecular weight excluding hydrogens is 202 g/mol. The molecule has 0 bridgehead atoms. The van der Waals surface area contributed by atoms with Crippen LogP contribution >= 0.6 is 0 Å². The lowest BCUT2D eigenvalue weighted by Gasteiger charge is -2.23. The number of hydrogen-bond acceptors (Lipinski definition) is 3. The first kappa shape index (κ1) is 11.9. The molecule has 0 spiro atoms. The van der Waals surface area contributed by atoms with E-state index in [0.29, 0.717) is 0 Å². The van der Waals surface area contributed by atoms with E-state index < -0.39 is 10.2 Å². The standard InChI is InChI=1S/C8H19N3O2S/c1-7(2)11(3)14(12,13)10-8-4-5-9-6-8/h7-10H,4-6H2,1-3H3. The first-order valence-corrected chi connectivity index (χ1v) is 6.33. The number of hydrogen-bond donors (Lipinski definition) is 2. The molecule has 1 fully saturated rings. The van der Waals surface area contributed by atoms with Gasteiger partial charge in [-0.1, -0.05) is 0 Å². The van der Waals surface area contributed by atoms with Crippen molar-refractivity contribution in [3.8, 4) is 0 Å². The van der Waals surface area contributed by atoms with Gasteiger partial charge in [0.05, 0.1) is 0 Å². The Bertz CT molecular complexity index is 270. The van der Waals surface area contributed by atoms with Crippen molar-refractivity contribution in [3.63, 3.8) is 0 Å². The van der Waals surface area contributed by atoms with Gasteiger partial charge in [-0.05, 0) is 26.8 Å². The van der Waals surface area contributed by atoms with E-state index in [-0.39, 0.29) is 12.1 Å². The normalized spacial score (nSPS) is 23.6. The lowest BCUT2D eigenvalue weighted by molar-refractivity contribution is 0.397. The summed E-state index contributed by atoms with van der Waals surface area (Å²) in [7, 11) is -1.71. The predicted molar refractivity (Wildman–Crippen MR) is 56.2 cm³/mol. The van der Waals surface area contributed by atoms with Gasteiger partial charge in [0.15, 0.2) is 0 Å². The van der Waals surface area contributed by atoms with Crippen molar-refractivity contribution < 1.29 is 8.42 Å². The van der Waals surface area contributed by atoms with Gasteiger partial charge in [-0.25, -0.2) is 0 Å². The van der Waals surface area contributed by atoms with Crippen LogP contribution in [-0.2, 0) is 10.2 Å². The molecule has 0 saturated carbocycles. The van der Waals surface area contributed by atoms with Crippen LogP contribution in [-0.4, -0.2) is 44.9 Å². The average Bonchev–Trinajstić information content (AvgIpc) is 2.54. The summed E-state index contributed by atoms with van der Waals surface area (Å²) in [5, 5.41) is 3.12. The van der Waals surface area contributed by atoms with E-state index in [2.05, 4.69) is 10.0 Å². The largest absolute Gasteiger partial charge is 0.315 e. The third-order valence-electron chi connectivity index (χ3n) is 2.48. The maximum absolute atomic E-state index is 11.7. The molecule has 84 valence electrons. The Balaban J connectivity index is 2.56. The highest BCUT2D eigenvalue weighted by molar-refractivity contribution is 7.87. The lowest BCUT2D eigenvalue weighted by Crippen LogP contribution is -2.46. The van der Waals surface area contributed by atoms with Crippen molar-refractivity contribution in [2.45, 2.75) is 32.4 Å². The summed E-state index contributed by atoms with van der Waals surface area (Å²) in [6.07, 6.45) is 0.866. The fourth-order valence-corrected chi connectivity index (χ4v) is 2.67. The first-order chi connectivity index (χ1) is 6.43. The predicted octanol–water partition coefficient (Wildman–Crippen LogP) is -0.477. The van der Waals surface area contributed by atoms with E-state index >= 15 is 0 Å². The van der Waals surface area contributed by atoms with Crippen LogP contribution in [0, 0.1) is 0 Å². The Hall–Kier alpha value is -0.170. The zero-order valence-corrected chi connectivity index (χ0v) is 9.76. The van der Waals surface area contributed by atoms with Gasteiger partial charge < -0.3 is 5.32 Å². The quantitative estimate of drug-likeness (QED) is 0.674. The monoisotopic (exact) mass is 221 g/mol. The highest BCUT2D eigenvalue weighted by atomic mass is 32.2. The van der Waals surface area contributed by atoms with Crippen LogP contribution in [0.15, 0.2) is 0 Å². The van der Waals surface area contributed by atoms with Crippen LogP contribution in [0.3, 0.4) is 0 Å². The van der Waals surface area contributed by atoms with Crippen LogP contribution in [0.4, 0.5) is 0 Å². The molecule has 1 rings (SSSR count). The van der Waals surface area contributed by atoms with Crippen LogP contribution < -0.4 is 10.0 Å². The fraction of sp³-hybridized carbons (Fsp3) is 1.00. The minimum atomic E-state index is -3.30. The van der Waals surface area contributed by atoms with Crippen LogP contribution in [0.1, 0.15) is 20.3 Å². The van der Waals surface area contributed by atoms with E-state index in [1.165, 1.54) is 4.31 Å². The molecule has 14 heavy (non-hydrogen) atoms. The van der Waals surface area contributed by atoms with Crippen LogP contribution in [0.25, 0.3) is 0 Å². The highest BCUT2D eigenvalue weighted by Gasteiger charge is 2.25. The Kier molecular flexibility index (Phi) is 3.88. The molecule has 6 heteroatoms. The van der Waals surface area contributed by atoms with Crippen molar-refractivity contribution >= 4 is 10.2 Å². The minimum Gasteiger partial charge on any atom is -0.315 e. The second kappa shape index (κ2) is 4.57. The number of nitrogens with one attached hydrogen (secondary N) is 2. The summed E-state index contributed by atoms with van der Waals surface area (Å²) >= 11 is 0. The maximum Gasteiger partial charge on any atom is 0.279 e. The molecule has 1 aliphatic rings. The lowest BCUT2D eigenvalue weighted by atomic mass is 10.3. The molecule has 2 N–H and O–H groups in total. The van der Waals surface area contributed by atoms with E-state index in [9.17, 15) is 8.42 Å². The van der Waals surface area contributed by atoms with Gasteiger partial charge >= 0.3 is 0 Å². The summed E-state index contributed by atoms with van der Waals surface area (Å²) in [4.78, 5) is 0. The second-order valence-electron chi connectivity index (χ2n) is 3.92. The van der Waals surface area contributed by atoms with Gasteiger partial charge in [-0.15, -0.1) is 0 Å². The molecule has 0 amide bonds. The number of rotatable bonds is 4. The topological polar surface area (TPSA) is 61.4 Å². The molecular formula is C8H19N3O2S. The van der Waals surface area contributed by atoms with Gasteiger partial charge in [0, 0.05) is 25.7 Å². The average molecular weight is 221 g/mol. The van der Waals surface area contributed by atoms with Crippen molar-refractivity contribution in [3.05, 3.63) is 0 Å². The van der Waals surface area contributed by atoms with Crippen molar-refractivity contribution in [1.29, 1.82) is 0 Å². The van der Waals surface area contributed by atoms with Gasteiger partial charge in [0.2, 0.25) is 0 Å². The zero-order valence-electron chi connectivity index (χ0n) is 8.95. The molecule has 5 nitrogen and oxygen atoms in total. The van der Waals surface area contributed by atoms with Gasteiger partial charge in [0.25, 0.3) is 10.2 Å². The van der Waals surface area contributed by atoms with Crippen molar-refractivity contribution in [2.75, 3.05) is 20.1 Å². The van der Waals surface area contributed by atoms with E-state index in [0.717, 1.165) is 19.5 Å². The fourth-order valence-electron chi connectivity index (χ4n) is 1.33. The van der Waals surface area contributed by atoms with Gasteiger partial charge in [0.1, 0.15) is 0 Å². The molecule has 1 saturated heterocycles. The SMILES string of the molecule is CC(C)N(C)S(=O)(=O)NC1CCNC1. The van der Waals surface area contributed by atoms with Crippen LogP contribution in [0.5, 0.6) is 0 Å². The Labute approximate surface area is 86.0 Å². The maximum atomic E-state index is 11.7. The van der Waals surface area contributed by atoms with E-state index in [4.69, 9.17) is 0 Å². The Morgan fingerprint density at radius 3 is 2.57 bits per heavy atom. The van der Waals surface area contributed by atoms with Gasteiger partial charge in [-0.2, -0.15) is 17.4 Å². The third-order valence-corrected chi connectivity index (χ3v) is 4.29. The molecule has 0 aromatic heterocycles. The molecule has 0 radical (unpaired) electrons. The molecule has 1 heterocycles. The van der Waals surface area contributed by atoms with Crippen molar-refractivity contribution in [2.24, 2.45) is 0 Å². The van der Waals surface area contributed by atoms with E-state index in [1.54, 1.807) is 7.05 Å². The second-order valence-corrected chi connectivity index (χ2v) is 5.68. The number of nitrogens with zero attached hydrogens (tertiary/aromatic N) is 1. The summed E-state index contributed by atoms with van der Waals surface area (Å²) in [5.41, 5.74) is 0. The van der Waals surface area contributed by atoms with Gasteiger partial charge in [-0.3, -0.25) is 0 Å². The molecule has 1 unspecified atom stereocenters. The van der Waals surface area contributed by atoms with Crippen molar-refractivity contribution in [1.82, 2.24) is 14.3 Å². The zero-order chi connectivity index (χ0) is 10.8. The Morgan fingerprint density at radius 2 is 2.14 bits per heavy atom. The summed E-state index contributed by atoms with van der Waals surface area (Å²) in [6, 6.07) is 0.0306. The first-order valence-electron chi connectivity index (χ1n) is 4.89. The Morgan fingerprint density at radius 1 is 1.50 bits per heavy atom. The van der Waals surface area contributed by atoms with E-state index in [1.807, 2.05) is 13.8 Å². The minimum absolute atomic E-state index is 0.0122. The highest BCUT2D eigenvalue weighted by Crippen LogP contribution is 2.05. The summed E-state index contributed by atoms with van der Waals surface area (Å²) in [6.45, 7) is 5.32. The summed E-state index contributed by atoms with van der Waals surface area (Å²) < 4.78 is 27.5. The molecule has 0 aromatic carbocycles. The molecule has 1 atom stereocenters.